The zero-order valence-electron chi connectivity index (χ0n) is 21.8. The molecule has 0 aromatic carbocycles. The summed E-state index contributed by atoms with van der Waals surface area (Å²) >= 11 is 0. The molecule has 3 aromatic heterocycles. The Morgan fingerprint density at radius 1 is 1.03 bits per heavy atom. The second-order valence-electron chi connectivity index (χ2n) is 6.39. The number of nitrogen functional groups attached to an aromatic ring is 1. The van der Waals surface area contributed by atoms with Crippen molar-refractivity contribution >= 4 is 28.4 Å². The molecule has 0 fully saturated rings. The van der Waals surface area contributed by atoms with Gasteiger partial charge in [0.2, 0.25) is 5.91 Å². The molecule has 9 heteroatoms. The Kier molecular flexibility index (Phi) is 13.9. The van der Waals surface area contributed by atoms with Crippen LogP contribution < -0.4 is 10.6 Å². The Labute approximate surface area is 198 Å². The van der Waals surface area contributed by atoms with Crippen molar-refractivity contribution in [1.29, 1.82) is 0 Å². The first kappa shape index (κ1) is 29.7. The van der Waals surface area contributed by atoms with E-state index in [1.807, 2.05) is 79.6 Å². The second-order valence-corrected chi connectivity index (χ2v) is 6.39. The summed E-state index contributed by atoms with van der Waals surface area (Å²) in [5.74, 6) is 0.849. The minimum atomic E-state index is -0.118. The van der Waals surface area contributed by atoms with Crippen LogP contribution in [-0.2, 0) is 4.79 Å². The summed E-state index contributed by atoms with van der Waals surface area (Å²) in [7, 11) is 5.60. The molecule has 0 saturated heterocycles. The maximum absolute atomic E-state index is 12.2. The van der Waals surface area contributed by atoms with Crippen molar-refractivity contribution < 1.29 is 4.79 Å². The summed E-state index contributed by atoms with van der Waals surface area (Å²) < 4.78 is 1.62. The number of fused-ring (bicyclic) bond motifs is 1. The molecule has 0 atom stereocenters. The van der Waals surface area contributed by atoms with Crippen LogP contribution in [0.25, 0.3) is 16.9 Å². The molecule has 2 N–H and O–H groups in total. The fourth-order valence-corrected chi connectivity index (χ4v) is 2.61. The van der Waals surface area contributed by atoms with Gasteiger partial charge in [0.15, 0.2) is 11.5 Å². The number of carbonyl (C=O) groups excluding carboxylic acids is 1. The zero-order valence-corrected chi connectivity index (χ0v) is 21.8. The first-order chi connectivity index (χ1) is 15.9. The van der Waals surface area contributed by atoms with Gasteiger partial charge in [-0.2, -0.15) is 9.78 Å². The van der Waals surface area contributed by atoms with Crippen LogP contribution in [0.5, 0.6) is 0 Å². The van der Waals surface area contributed by atoms with Crippen LogP contribution in [0.15, 0.2) is 36.8 Å². The smallest absolute Gasteiger partial charge is 0.250 e. The van der Waals surface area contributed by atoms with Gasteiger partial charge in [-0.3, -0.25) is 4.79 Å². The molecule has 0 aliphatic rings. The molecule has 0 radical (unpaired) electrons. The lowest BCUT2D eigenvalue weighted by atomic mass is 10.3. The maximum atomic E-state index is 12.2. The Bertz CT molecular complexity index is 994. The number of nitrogens with two attached hydrogens (primary N) is 1. The standard InChI is InChI=1S/C18H22N8O.3C2H6/c1-12-16-17(19)21-11-22-18(16)26(23-12)14-8-7-13(10-20-14)25(4)15(27)6-5-9-24(2)3;3*1-2/h5-8,10-11H,9H2,1-4H3,(H2,19,21,22);3*1-2H3/b6-5+;;;. The number of hydrogen-bond donors (Lipinski definition) is 1. The molecule has 0 saturated carbocycles. The summed E-state index contributed by atoms with van der Waals surface area (Å²) in [4.78, 5) is 28.5. The van der Waals surface area contributed by atoms with Gasteiger partial charge in [-0.15, -0.1) is 0 Å². The highest BCUT2D eigenvalue weighted by molar-refractivity contribution is 6.00. The van der Waals surface area contributed by atoms with Crippen LogP contribution in [0.2, 0.25) is 0 Å². The number of aryl methyl sites for hydroxylation is 1. The predicted octanol–water partition coefficient (Wildman–Crippen LogP) is 4.26. The van der Waals surface area contributed by atoms with Gasteiger partial charge in [0.1, 0.15) is 12.1 Å². The van der Waals surface area contributed by atoms with Crippen molar-refractivity contribution in [3.05, 3.63) is 42.5 Å². The van der Waals surface area contributed by atoms with E-state index in [9.17, 15) is 4.79 Å². The van der Waals surface area contributed by atoms with E-state index in [2.05, 4.69) is 20.1 Å². The molecule has 0 bridgehead atoms. The third-order valence-electron chi connectivity index (χ3n) is 4.07. The van der Waals surface area contributed by atoms with Gasteiger partial charge >= 0.3 is 0 Å². The van der Waals surface area contributed by atoms with E-state index >= 15 is 0 Å². The molecule has 0 unspecified atom stereocenters. The molecule has 33 heavy (non-hydrogen) atoms. The quantitative estimate of drug-likeness (QED) is 0.572. The van der Waals surface area contributed by atoms with Gasteiger partial charge in [0.05, 0.1) is 23.0 Å². The zero-order chi connectivity index (χ0) is 25.6. The molecule has 0 aliphatic heterocycles. The van der Waals surface area contributed by atoms with Crippen molar-refractivity contribution in [3.8, 4) is 5.82 Å². The Morgan fingerprint density at radius 3 is 2.21 bits per heavy atom. The number of carbonyl (C=O) groups is 1. The van der Waals surface area contributed by atoms with Crippen LogP contribution in [0.1, 0.15) is 47.2 Å². The number of rotatable bonds is 5. The van der Waals surface area contributed by atoms with Crippen molar-refractivity contribution in [2.75, 3.05) is 38.3 Å². The van der Waals surface area contributed by atoms with E-state index in [1.54, 1.807) is 30.1 Å². The Morgan fingerprint density at radius 2 is 1.67 bits per heavy atom. The van der Waals surface area contributed by atoms with Gasteiger partial charge in [-0.25, -0.2) is 15.0 Å². The average Bonchev–Trinajstić information content (AvgIpc) is 3.20. The number of pyridine rings is 1. The molecule has 0 spiro atoms. The maximum Gasteiger partial charge on any atom is 0.250 e. The van der Waals surface area contributed by atoms with Crippen LogP contribution in [-0.4, -0.2) is 63.2 Å². The number of nitrogens with zero attached hydrogens (tertiary/aromatic N) is 7. The van der Waals surface area contributed by atoms with E-state index in [-0.39, 0.29) is 5.91 Å². The van der Waals surface area contributed by atoms with Crippen molar-refractivity contribution in [2.24, 2.45) is 0 Å². The molecule has 3 aromatic rings. The highest BCUT2D eigenvalue weighted by Crippen LogP contribution is 2.23. The Hall–Kier alpha value is -3.33. The van der Waals surface area contributed by atoms with Crippen molar-refractivity contribution in [1.82, 2.24) is 29.6 Å². The van der Waals surface area contributed by atoms with Gasteiger partial charge in [-0.1, -0.05) is 47.6 Å². The molecule has 1 amide bonds. The summed E-state index contributed by atoms with van der Waals surface area (Å²) in [5.41, 5.74) is 7.93. The normalized spacial score (nSPS) is 10.0. The lowest BCUT2D eigenvalue weighted by Gasteiger charge is -2.15. The monoisotopic (exact) mass is 456 g/mol. The molecule has 3 rings (SSSR count). The third kappa shape index (κ3) is 7.94. The minimum Gasteiger partial charge on any atom is -0.383 e. The summed E-state index contributed by atoms with van der Waals surface area (Å²) in [6.07, 6.45) is 6.40. The van der Waals surface area contributed by atoms with Crippen LogP contribution in [0.4, 0.5) is 11.5 Å². The van der Waals surface area contributed by atoms with Crippen LogP contribution in [0.3, 0.4) is 0 Å². The number of aromatic nitrogens is 5. The summed E-state index contributed by atoms with van der Waals surface area (Å²) in [5, 5.41) is 5.17. The lowest BCUT2D eigenvalue weighted by Crippen LogP contribution is -2.24. The first-order valence-electron chi connectivity index (χ1n) is 11.4. The fraction of sp³-hybridized carbons (Fsp3) is 0.458. The molecular weight excluding hydrogens is 416 g/mol. The highest BCUT2D eigenvalue weighted by Gasteiger charge is 2.15. The summed E-state index contributed by atoms with van der Waals surface area (Å²) in [6.45, 7) is 14.5. The average molecular weight is 457 g/mol. The number of amides is 1. The predicted molar refractivity (Wildman–Crippen MR) is 139 cm³/mol. The SMILES string of the molecule is CC.CC.CC.Cc1nn(-c2ccc(N(C)C(=O)/C=C/CN(C)C)cn2)c2ncnc(N)c12. The number of hydrogen-bond acceptors (Lipinski definition) is 7. The number of likely N-dealkylation sites (N-methyl/N-ethyl adjacent to an activating group) is 2. The van der Waals surface area contributed by atoms with E-state index in [0.717, 1.165) is 5.69 Å². The first-order valence-corrected chi connectivity index (χ1v) is 11.4. The van der Waals surface area contributed by atoms with Crippen LogP contribution >= 0.6 is 0 Å². The van der Waals surface area contributed by atoms with Crippen molar-refractivity contribution in [2.45, 2.75) is 48.5 Å². The molecule has 3 heterocycles. The van der Waals surface area contributed by atoms with E-state index < -0.39 is 0 Å². The van der Waals surface area contributed by atoms with Gasteiger partial charge in [0, 0.05) is 19.7 Å². The fourth-order valence-electron chi connectivity index (χ4n) is 2.61. The Balaban J connectivity index is 0.00000158. The molecule has 182 valence electrons. The topological polar surface area (TPSA) is 106 Å². The van der Waals surface area contributed by atoms with E-state index in [1.165, 1.54) is 11.2 Å². The molecule has 0 aliphatic carbocycles. The molecule has 9 nitrogen and oxygen atoms in total. The van der Waals surface area contributed by atoms with Gasteiger partial charge < -0.3 is 15.5 Å². The van der Waals surface area contributed by atoms with Gasteiger partial charge in [0.25, 0.3) is 0 Å². The third-order valence-corrected chi connectivity index (χ3v) is 4.07. The van der Waals surface area contributed by atoms with Crippen LogP contribution in [0, 0.1) is 6.92 Å². The minimum absolute atomic E-state index is 0.118. The van der Waals surface area contributed by atoms with Gasteiger partial charge in [-0.05, 0) is 33.2 Å². The van der Waals surface area contributed by atoms with E-state index in [4.69, 9.17) is 5.73 Å². The highest BCUT2D eigenvalue weighted by atomic mass is 16.2. The number of anilines is 2. The van der Waals surface area contributed by atoms with Crippen molar-refractivity contribution in [3.63, 3.8) is 0 Å². The summed E-state index contributed by atoms with van der Waals surface area (Å²) in [6, 6.07) is 3.60. The lowest BCUT2D eigenvalue weighted by molar-refractivity contribution is -0.113. The van der Waals surface area contributed by atoms with E-state index in [0.29, 0.717) is 34.9 Å². The second kappa shape index (κ2) is 15.5. The largest absolute Gasteiger partial charge is 0.383 e. The molecular formula is C24H40N8O.